The second-order valence-corrected chi connectivity index (χ2v) is 8.27. The van der Waals surface area contributed by atoms with Crippen LogP contribution in [0.15, 0.2) is 82.8 Å². The lowest BCUT2D eigenvalue weighted by atomic mass is 10.1. The first kappa shape index (κ1) is 21.8. The van der Waals surface area contributed by atoms with Crippen molar-refractivity contribution in [1.29, 1.82) is 0 Å². The number of ether oxygens (including phenoxy) is 1. The molecule has 0 radical (unpaired) electrons. The van der Waals surface area contributed by atoms with Crippen molar-refractivity contribution in [3.05, 3.63) is 99.0 Å². The summed E-state index contributed by atoms with van der Waals surface area (Å²) in [7, 11) is 0. The molecule has 4 amide bonds. The minimum Gasteiger partial charge on any atom is -0.489 e. The third-order valence-corrected chi connectivity index (χ3v) is 5.48. The first-order valence-corrected chi connectivity index (χ1v) is 10.7. The van der Waals surface area contributed by atoms with Crippen LogP contribution in [-0.4, -0.2) is 17.8 Å². The van der Waals surface area contributed by atoms with E-state index in [-0.39, 0.29) is 5.57 Å². The van der Waals surface area contributed by atoms with Crippen LogP contribution in [0.25, 0.3) is 6.08 Å². The van der Waals surface area contributed by atoms with Gasteiger partial charge in [-0.2, -0.15) is 0 Å². The van der Waals surface area contributed by atoms with Gasteiger partial charge < -0.3 is 4.74 Å². The van der Waals surface area contributed by atoms with Gasteiger partial charge in [0.2, 0.25) is 0 Å². The average molecular weight is 512 g/mol. The monoisotopic (exact) mass is 510 g/mol. The molecule has 0 atom stereocenters. The number of halogens is 2. The lowest BCUT2D eigenvalue weighted by molar-refractivity contribution is -0.122. The molecule has 32 heavy (non-hydrogen) atoms. The standard InChI is InChI=1S/C24H16BrClN2O4/c25-17-5-1-16(2-6-17)14-32-20-11-3-15(4-12-20)13-21-22(29)27-24(31)28(23(21)30)19-9-7-18(26)8-10-19/h1-13H,14H2,(H,27,29,31)/b21-13+. The molecule has 0 spiro atoms. The van der Waals surface area contributed by atoms with Crippen LogP contribution in [0.2, 0.25) is 5.02 Å². The van der Waals surface area contributed by atoms with Crippen molar-refractivity contribution >= 4 is 57.1 Å². The average Bonchev–Trinajstić information content (AvgIpc) is 2.78. The van der Waals surface area contributed by atoms with Crippen LogP contribution in [0.5, 0.6) is 5.75 Å². The van der Waals surface area contributed by atoms with Crippen LogP contribution in [-0.2, 0) is 16.2 Å². The number of anilines is 1. The van der Waals surface area contributed by atoms with Gasteiger partial charge in [-0.3, -0.25) is 14.9 Å². The van der Waals surface area contributed by atoms with Gasteiger partial charge in [-0.25, -0.2) is 9.69 Å². The Balaban J connectivity index is 1.50. The predicted molar refractivity (Wildman–Crippen MR) is 125 cm³/mol. The van der Waals surface area contributed by atoms with Gasteiger partial charge in [-0.15, -0.1) is 0 Å². The predicted octanol–water partition coefficient (Wildman–Crippen LogP) is 5.35. The number of amides is 4. The largest absolute Gasteiger partial charge is 0.489 e. The zero-order chi connectivity index (χ0) is 22.7. The molecule has 0 unspecified atom stereocenters. The van der Waals surface area contributed by atoms with Gasteiger partial charge in [0.15, 0.2) is 0 Å². The van der Waals surface area contributed by atoms with Gasteiger partial charge >= 0.3 is 6.03 Å². The second-order valence-electron chi connectivity index (χ2n) is 6.92. The van der Waals surface area contributed by atoms with Crippen LogP contribution in [0.1, 0.15) is 11.1 Å². The van der Waals surface area contributed by atoms with Crippen LogP contribution in [0.3, 0.4) is 0 Å². The summed E-state index contributed by atoms with van der Waals surface area (Å²) >= 11 is 9.27. The number of barbiturate groups is 1. The fourth-order valence-electron chi connectivity index (χ4n) is 3.06. The number of carbonyl (C=O) groups excluding carboxylic acids is 3. The maximum atomic E-state index is 12.9. The van der Waals surface area contributed by atoms with E-state index in [1.54, 1.807) is 36.4 Å². The molecule has 0 aliphatic carbocycles. The molecule has 3 aromatic carbocycles. The van der Waals surface area contributed by atoms with Crippen molar-refractivity contribution in [3.8, 4) is 5.75 Å². The van der Waals surface area contributed by atoms with Crippen molar-refractivity contribution in [3.63, 3.8) is 0 Å². The third-order valence-electron chi connectivity index (χ3n) is 4.70. The molecule has 1 heterocycles. The quantitative estimate of drug-likeness (QED) is 0.370. The van der Waals surface area contributed by atoms with Gasteiger partial charge in [-0.1, -0.05) is 51.8 Å². The smallest absolute Gasteiger partial charge is 0.335 e. The van der Waals surface area contributed by atoms with E-state index in [0.29, 0.717) is 28.6 Å². The Kier molecular flexibility index (Phi) is 6.39. The van der Waals surface area contributed by atoms with E-state index < -0.39 is 17.8 Å². The summed E-state index contributed by atoms with van der Waals surface area (Å²) in [4.78, 5) is 38.4. The van der Waals surface area contributed by atoms with Crippen LogP contribution in [0, 0.1) is 0 Å². The molecule has 160 valence electrons. The second kappa shape index (κ2) is 9.38. The van der Waals surface area contributed by atoms with Gasteiger partial charge in [-0.05, 0) is 65.7 Å². The normalized spacial score (nSPS) is 15.1. The number of hydrogen-bond donors (Lipinski definition) is 1. The van der Waals surface area contributed by atoms with E-state index in [4.69, 9.17) is 16.3 Å². The van der Waals surface area contributed by atoms with E-state index in [1.165, 1.54) is 18.2 Å². The highest BCUT2D eigenvalue weighted by Gasteiger charge is 2.36. The van der Waals surface area contributed by atoms with Crippen LogP contribution in [0.4, 0.5) is 10.5 Å². The number of rotatable bonds is 5. The van der Waals surface area contributed by atoms with Crippen molar-refractivity contribution in [2.75, 3.05) is 4.90 Å². The molecule has 1 saturated heterocycles. The van der Waals surface area contributed by atoms with E-state index in [9.17, 15) is 14.4 Å². The number of hydrogen-bond acceptors (Lipinski definition) is 4. The zero-order valence-electron chi connectivity index (χ0n) is 16.5. The number of nitrogens with one attached hydrogen (secondary N) is 1. The van der Waals surface area contributed by atoms with Crippen LogP contribution < -0.4 is 15.0 Å². The summed E-state index contributed by atoms with van der Waals surface area (Å²) in [6, 6.07) is 20.1. The summed E-state index contributed by atoms with van der Waals surface area (Å²) in [5.41, 5.74) is 1.80. The van der Waals surface area contributed by atoms with E-state index in [2.05, 4.69) is 21.2 Å². The Morgan fingerprint density at radius 3 is 2.22 bits per heavy atom. The molecular weight excluding hydrogens is 496 g/mol. The number of imide groups is 2. The van der Waals surface area contributed by atoms with E-state index in [1.807, 2.05) is 24.3 Å². The molecule has 3 aromatic rings. The maximum absolute atomic E-state index is 12.9. The Morgan fingerprint density at radius 1 is 0.906 bits per heavy atom. The van der Waals surface area contributed by atoms with E-state index >= 15 is 0 Å². The van der Waals surface area contributed by atoms with Crippen molar-refractivity contribution in [2.24, 2.45) is 0 Å². The van der Waals surface area contributed by atoms with Crippen molar-refractivity contribution in [2.45, 2.75) is 6.61 Å². The molecule has 1 fully saturated rings. The SMILES string of the molecule is O=C1NC(=O)N(c2ccc(Cl)cc2)C(=O)/C1=C/c1ccc(OCc2ccc(Br)cc2)cc1. The summed E-state index contributed by atoms with van der Waals surface area (Å²) in [6.45, 7) is 0.409. The molecule has 0 bridgehead atoms. The first-order valence-electron chi connectivity index (χ1n) is 9.55. The number of benzene rings is 3. The molecule has 4 rings (SSSR count). The Labute approximate surface area is 197 Å². The molecule has 1 aliphatic rings. The molecule has 6 nitrogen and oxygen atoms in total. The van der Waals surface area contributed by atoms with Gasteiger partial charge in [0.1, 0.15) is 17.9 Å². The fraction of sp³-hybridized carbons (Fsp3) is 0.0417. The molecular formula is C24H16BrClN2O4. The zero-order valence-corrected chi connectivity index (χ0v) is 18.9. The topological polar surface area (TPSA) is 75.7 Å². The highest BCUT2D eigenvalue weighted by molar-refractivity contribution is 9.10. The maximum Gasteiger partial charge on any atom is 0.335 e. The summed E-state index contributed by atoms with van der Waals surface area (Å²) in [5.74, 6) is -0.815. The lowest BCUT2D eigenvalue weighted by Crippen LogP contribution is -2.54. The highest BCUT2D eigenvalue weighted by Crippen LogP contribution is 2.24. The lowest BCUT2D eigenvalue weighted by Gasteiger charge is -2.26. The fourth-order valence-corrected chi connectivity index (χ4v) is 3.45. The van der Waals surface area contributed by atoms with Gasteiger partial charge in [0, 0.05) is 9.50 Å². The van der Waals surface area contributed by atoms with E-state index in [0.717, 1.165) is 14.9 Å². The number of urea groups is 1. The Bertz CT molecular complexity index is 1210. The minimum absolute atomic E-state index is 0.150. The molecule has 1 aliphatic heterocycles. The summed E-state index contributed by atoms with van der Waals surface area (Å²) in [6.07, 6.45) is 1.44. The number of carbonyl (C=O) groups is 3. The first-order chi connectivity index (χ1) is 15.4. The molecule has 0 aromatic heterocycles. The van der Waals surface area contributed by atoms with Gasteiger partial charge in [0.25, 0.3) is 11.8 Å². The molecule has 0 saturated carbocycles. The Morgan fingerprint density at radius 2 is 1.56 bits per heavy atom. The summed E-state index contributed by atoms with van der Waals surface area (Å²) in [5, 5.41) is 2.66. The van der Waals surface area contributed by atoms with Crippen molar-refractivity contribution in [1.82, 2.24) is 5.32 Å². The summed E-state index contributed by atoms with van der Waals surface area (Å²) < 4.78 is 6.77. The van der Waals surface area contributed by atoms with Crippen molar-refractivity contribution < 1.29 is 19.1 Å². The Hall–Kier alpha value is -3.42. The molecule has 1 N–H and O–H groups in total. The van der Waals surface area contributed by atoms with Gasteiger partial charge in [0.05, 0.1) is 5.69 Å². The van der Waals surface area contributed by atoms with Crippen LogP contribution >= 0.6 is 27.5 Å². The number of nitrogens with zero attached hydrogens (tertiary/aromatic N) is 1. The molecule has 8 heteroatoms. The highest BCUT2D eigenvalue weighted by atomic mass is 79.9. The minimum atomic E-state index is -0.809. The third kappa shape index (κ3) is 4.90.